The van der Waals surface area contributed by atoms with Crippen LogP contribution in [0, 0.1) is 0 Å². The second-order valence-electron chi connectivity index (χ2n) is 3.11. The zero-order chi connectivity index (χ0) is 9.07. The minimum absolute atomic E-state index is 0.182. The molecule has 0 aromatic rings. The second kappa shape index (κ2) is 3.42. The average Bonchev–Trinajstić information content (AvgIpc) is 1.86. The SMILES string of the molecule is C=C(C)C(C)(C)NC(=O)NC. The Morgan fingerprint density at radius 2 is 1.91 bits per heavy atom. The maximum atomic E-state index is 10.9. The summed E-state index contributed by atoms with van der Waals surface area (Å²) in [6.45, 7) is 9.47. The molecule has 2 amide bonds. The van der Waals surface area contributed by atoms with Gasteiger partial charge in [-0.2, -0.15) is 0 Å². The molecule has 0 aliphatic carbocycles. The molecule has 0 bridgehead atoms. The first-order valence-corrected chi connectivity index (χ1v) is 3.56. The Hall–Kier alpha value is -0.990. The van der Waals surface area contributed by atoms with Gasteiger partial charge in [-0.1, -0.05) is 12.2 Å². The monoisotopic (exact) mass is 156 g/mol. The fraction of sp³-hybridized carbons (Fsp3) is 0.625. The smallest absolute Gasteiger partial charge is 0.315 e. The van der Waals surface area contributed by atoms with Gasteiger partial charge in [-0.15, -0.1) is 0 Å². The molecule has 0 rings (SSSR count). The van der Waals surface area contributed by atoms with Crippen molar-refractivity contribution >= 4 is 6.03 Å². The Labute approximate surface area is 67.9 Å². The summed E-state index contributed by atoms with van der Waals surface area (Å²) >= 11 is 0. The fourth-order valence-corrected chi connectivity index (χ4v) is 0.453. The second-order valence-corrected chi connectivity index (χ2v) is 3.11. The summed E-state index contributed by atoms with van der Waals surface area (Å²) in [4.78, 5) is 10.9. The summed E-state index contributed by atoms with van der Waals surface area (Å²) in [5.41, 5.74) is 0.598. The molecule has 64 valence electrons. The van der Waals surface area contributed by atoms with Crippen LogP contribution in [0.1, 0.15) is 20.8 Å². The van der Waals surface area contributed by atoms with Crippen molar-refractivity contribution in [1.29, 1.82) is 0 Å². The van der Waals surface area contributed by atoms with Gasteiger partial charge in [-0.25, -0.2) is 4.79 Å². The molecule has 0 aromatic heterocycles. The Bertz CT molecular complexity index is 173. The maximum absolute atomic E-state index is 10.9. The molecule has 0 spiro atoms. The van der Waals surface area contributed by atoms with Crippen molar-refractivity contribution < 1.29 is 4.79 Å². The lowest BCUT2D eigenvalue weighted by atomic mass is 9.97. The molecule has 0 radical (unpaired) electrons. The molecule has 0 aliphatic heterocycles. The number of hydrogen-bond acceptors (Lipinski definition) is 1. The zero-order valence-corrected chi connectivity index (χ0v) is 7.62. The van der Waals surface area contributed by atoms with Gasteiger partial charge in [0.05, 0.1) is 5.54 Å². The van der Waals surface area contributed by atoms with Crippen molar-refractivity contribution in [1.82, 2.24) is 10.6 Å². The van der Waals surface area contributed by atoms with E-state index in [0.29, 0.717) is 0 Å². The van der Waals surface area contributed by atoms with E-state index in [9.17, 15) is 4.79 Å². The first-order chi connectivity index (χ1) is 4.90. The average molecular weight is 156 g/mol. The van der Waals surface area contributed by atoms with Gasteiger partial charge < -0.3 is 10.6 Å². The van der Waals surface area contributed by atoms with Crippen LogP contribution in [-0.4, -0.2) is 18.6 Å². The van der Waals surface area contributed by atoms with Gasteiger partial charge in [0, 0.05) is 7.05 Å². The number of rotatable bonds is 2. The lowest BCUT2D eigenvalue weighted by Gasteiger charge is -2.26. The van der Waals surface area contributed by atoms with Crippen LogP contribution in [0.3, 0.4) is 0 Å². The van der Waals surface area contributed by atoms with E-state index in [1.54, 1.807) is 7.05 Å². The van der Waals surface area contributed by atoms with Crippen LogP contribution in [0.4, 0.5) is 4.79 Å². The van der Waals surface area contributed by atoms with Crippen molar-refractivity contribution in [2.24, 2.45) is 0 Å². The topological polar surface area (TPSA) is 41.1 Å². The van der Waals surface area contributed by atoms with E-state index in [0.717, 1.165) is 5.57 Å². The summed E-state index contributed by atoms with van der Waals surface area (Å²) in [7, 11) is 1.59. The molecule has 3 nitrogen and oxygen atoms in total. The molecule has 0 aliphatic rings. The third kappa shape index (κ3) is 3.07. The lowest BCUT2D eigenvalue weighted by molar-refractivity contribution is 0.235. The van der Waals surface area contributed by atoms with E-state index < -0.39 is 0 Å². The van der Waals surface area contributed by atoms with Crippen LogP contribution in [0.2, 0.25) is 0 Å². The third-order valence-corrected chi connectivity index (χ3v) is 1.72. The van der Waals surface area contributed by atoms with E-state index in [-0.39, 0.29) is 11.6 Å². The Kier molecular flexibility index (Phi) is 3.11. The number of carbonyl (C=O) groups is 1. The number of nitrogens with one attached hydrogen (secondary N) is 2. The number of hydrogen-bond donors (Lipinski definition) is 2. The summed E-state index contributed by atoms with van der Waals surface area (Å²) in [5.74, 6) is 0. The van der Waals surface area contributed by atoms with Crippen LogP contribution in [0.5, 0.6) is 0 Å². The predicted octanol–water partition coefficient (Wildman–Crippen LogP) is 1.27. The van der Waals surface area contributed by atoms with Crippen LogP contribution < -0.4 is 10.6 Å². The minimum Gasteiger partial charge on any atom is -0.341 e. The van der Waals surface area contributed by atoms with E-state index in [1.807, 2.05) is 20.8 Å². The third-order valence-electron chi connectivity index (χ3n) is 1.72. The van der Waals surface area contributed by atoms with Gasteiger partial charge in [0.1, 0.15) is 0 Å². The van der Waals surface area contributed by atoms with Gasteiger partial charge in [-0.3, -0.25) is 0 Å². The van der Waals surface area contributed by atoms with Gasteiger partial charge >= 0.3 is 6.03 Å². The highest BCUT2D eigenvalue weighted by molar-refractivity contribution is 5.74. The van der Waals surface area contributed by atoms with Crippen LogP contribution in [-0.2, 0) is 0 Å². The first-order valence-electron chi connectivity index (χ1n) is 3.56. The number of amides is 2. The van der Waals surface area contributed by atoms with E-state index in [1.165, 1.54) is 0 Å². The normalized spacial score (nSPS) is 10.5. The summed E-state index contributed by atoms with van der Waals surface area (Å²) < 4.78 is 0. The van der Waals surface area contributed by atoms with Gasteiger partial charge in [0.2, 0.25) is 0 Å². The Morgan fingerprint density at radius 1 is 1.45 bits per heavy atom. The first kappa shape index (κ1) is 10.0. The Morgan fingerprint density at radius 3 is 2.18 bits per heavy atom. The van der Waals surface area contributed by atoms with Crippen molar-refractivity contribution in [2.75, 3.05) is 7.05 Å². The van der Waals surface area contributed by atoms with Crippen LogP contribution in [0.25, 0.3) is 0 Å². The molecule has 0 fully saturated rings. The van der Waals surface area contributed by atoms with E-state index >= 15 is 0 Å². The molecule has 0 unspecified atom stereocenters. The largest absolute Gasteiger partial charge is 0.341 e. The molecule has 0 saturated carbocycles. The highest BCUT2D eigenvalue weighted by Gasteiger charge is 2.19. The number of urea groups is 1. The Balaban J connectivity index is 4.12. The molecular weight excluding hydrogens is 140 g/mol. The summed E-state index contributed by atoms with van der Waals surface area (Å²) in [5, 5.41) is 5.24. The van der Waals surface area contributed by atoms with Crippen molar-refractivity contribution in [3.63, 3.8) is 0 Å². The van der Waals surface area contributed by atoms with Crippen molar-refractivity contribution in [3.8, 4) is 0 Å². The van der Waals surface area contributed by atoms with Gasteiger partial charge in [-0.05, 0) is 20.8 Å². The van der Waals surface area contributed by atoms with Gasteiger partial charge in [0.15, 0.2) is 0 Å². The standard InChI is InChI=1S/C8H16N2O/c1-6(2)8(3,4)10-7(11)9-5/h1H2,2-5H3,(H2,9,10,11). The summed E-state index contributed by atoms with van der Waals surface area (Å²) in [6, 6.07) is -0.182. The van der Waals surface area contributed by atoms with E-state index in [2.05, 4.69) is 17.2 Å². The van der Waals surface area contributed by atoms with Crippen LogP contribution >= 0.6 is 0 Å². The zero-order valence-electron chi connectivity index (χ0n) is 7.62. The van der Waals surface area contributed by atoms with Gasteiger partial charge in [0.25, 0.3) is 0 Å². The molecule has 0 atom stereocenters. The maximum Gasteiger partial charge on any atom is 0.315 e. The molecule has 3 heteroatoms. The van der Waals surface area contributed by atoms with Crippen molar-refractivity contribution in [2.45, 2.75) is 26.3 Å². The van der Waals surface area contributed by atoms with Crippen molar-refractivity contribution in [3.05, 3.63) is 12.2 Å². The number of carbonyl (C=O) groups excluding carboxylic acids is 1. The predicted molar refractivity (Wildman–Crippen MR) is 46.5 cm³/mol. The molecule has 0 aromatic carbocycles. The molecule has 11 heavy (non-hydrogen) atoms. The highest BCUT2D eigenvalue weighted by atomic mass is 16.2. The molecule has 0 saturated heterocycles. The van der Waals surface area contributed by atoms with Crippen LogP contribution in [0.15, 0.2) is 12.2 Å². The quantitative estimate of drug-likeness (QED) is 0.581. The fourth-order valence-electron chi connectivity index (χ4n) is 0.453. The highest BCUT2D eigenvalue weighted by Crippen LogP contribution is 2.11. The van der Waals surface area contributed by atoms with E-state index in [4.69, 9.17) is 0 Å². The molecule has 2 N–H and O–H groups in total. The molecular formula is C8H16N2O. The summed E-state index contributed by atoms with van der Waals surface area (Å²) in [6.07, 6.45) is 0. The minimum atomic E-state index is -0.333. The lowest BCUT2D eigenvalue weighted by Crippen LogP contribution is -2.47. The molecule has 0 heterocycles.